The van der Waals surface area contributed by atoms with Gasteiger partial charge in [-0.15, -0.1) is 0 Å². The van der Waals surface area contributed by atoms with E-state index in [0.29, 0.717) is 16.7 Å². The smallest absolute Gasteiger partial charge is 0.416 e. The van der Waals surface area contributed by atoms with Crippen LogP contribution in [0.25, 0.3) is 5.65 Å². The van der Waals surface area contributed by atoms with Crippen molar-refractivity contribution in [3.63, 3.8) is 0 Å². The number of halogens is 5. The minimum atomic E-state index is -4.86. The molecule has 0 atom stereocenters. The highest BCUT2D eigenvalue weighted by Crippen LogP contribution is 2.35. The van der Waals surface area contributed by atoms with Gasteiger partial charge in [0.1, 0.15) is 5.82 Å². The number of imidazole rings is 1. The van der Waals surface area contributed by atoms with Crippen molar-refractivity contribution < 1.29 is 27.5 Å². The molecular weight excluding hydrogens is 416 g/mol. The number of carbonyl (C=O) groups is 1. The zero-order valence-electron chi connectivity index (χ0n) is 15.2. The molecule has 0 saturated heterocycles. The van der Waals surface area contributed by atoms with Crippen LogP contribution in [-0.4, -0.2) is 25.8 Å². The molecule has 11 heteroatoms. The number of anilines is 1. The van der Waals surface area contributed by atoms with Gasteiger partial charge in [0.15, 0.2) is 10.8 Å². The molecule has 3 rings (SSSR count). The van der Waals surface area contributed by atoms with Crippen molar-refractivity contribution in [1.29, 1.82) is 0 Å². The molecule has 0 fully saturated rings. The van der Waals surface area contributed by atoms with Crippen LogP contribution in [0.5, 0.6) is 0 Å². The fourth-order valence-corrected chi connectivity index (χ4v) is 3.09. The van der Waals surface area contributed by atoms with E-state index < -0.39 is 35.8 Å². The van der Waals surface area contributed by atoms with Gasteiger partial charge in [0.2, 0.25) is 0 Å². The number of amides is 1. The van der Waals surface area contributed by atoms with E-state index in [1.807, 2.05) is 13.8 Å². The van der Waals surface area contributed by atoms with Crippen LogP contribution in [0, 0.1) is 5.82 Å². The highest BCUT2D eigenvalue weighted by molar-refractivity contribution is 6.29. The fraction of sp³-hybridized carbons (Fsp3) is 0.278. The maximum absolute atomic E-state index is 13.4. The minimum absolute atomic E-state index is 0.0176. The summed E-state index contributed by atoms with van der Waals surface area (Å²) in [7, 11) is 0. The summed E-state index contributed by atoms with van der Waals surface area (Å²) in [5.74, 6) is -1.09. The third kappa shape index (κ3) is 4.12. The monoisotopic (exact) mass is 430 g/mol. The van der Waals surface area contributed by atoms with Crippen LogP contribution in [-0.2, 0) is 12.7 Å². The van der Waals surface area contributed by atoms with Crippen molar-refractivity contribution in [1.82, 2.24) is 14.6 Å². The molecule has 0 spiro atoms. The van der Waals surface area contributed by atoms with Crippen LogP contribution in [0.15, 0.2) is 30.5 Å². The molecule has 0 radical (unpaired) electrons. The summed E-state index contributed by atoms with van der Waals surface area (Å²) >= 11 is 6.02. The van der Waals surface area contributed by atoms with Crippen LogP contribution in [0.3, 0.4) is 0 Å². The lowest BCUT2D eigenvalue weighted by molar-refractivity contribution is -0.138. The molecule has 154 valence electrons. The van der Waals surface area contributed by atoms with E-state index in [9.17, 15) is 27.5 Å². The van der Waals surface area contributed by atoms with Gasteiger partial charge in [0.05, 0.1) is 29.7 Å². The zero-order valence-corrected chi connectivity index (χ0v) is 16.0. The number of rotatable bonds is 4. The Hall–Kier alpha value is -2.88. The van der Waals surface area contributed by atoms with Crippen LogP contribution >= 0.6 is 11.6 Å². The average molecular weight is 431 g/mol. The van der Waals surface area contributed by atoms with Crippen LogP contribution in [0.4, 0.5) is 28.0 Å². The summed E-state index contributed by atoms with van der Waals surface area (Å²) in [4.78, 5) is 16.7. The number of alkyl halides is 3. The van der Waals surface area contributed by atoms with Gasteiger partial charge in [0.25, 0.3) is 0 Å². The van der Waals surface area contributed by atoms with E-state index in [4.69, 9.17) is 11.6 Å². The van der Waals surface area contributed by atoms with Crippen molar-refractivity contribution >= 4 is 29.0 Å². The first-order valence-corrected chi connectivity index (χ1v) is 8.77. The molecule has 2 heterocycles. The Morgan fingerprint density at radius 1 is 1.31 bits per heavy atom. The topological polar surface area (TPSA) is 70.7 Å². The second kappa shape index (κ2) is 7.51. The van der Waals surface area contributed by atoms with Gasteiger partial charge in [0, 0.05) is 6.07 Å². The van der Waals surface area contributed by atoms with Gasteiger partial charge >= 0.3 is 12.3 Å². The molecule has 29 heavy (non-hydrogen) atoms. The summed E-state index contributed by atoms with van der Waals surface area (Å²) in [6.07, 6.45) is -4.89. The third-order valence-corrected chi connectivity index (χ3v) is 4.45. The van der Waals surface area contributed by atoms with E-state index >= 15 is 0 Å². The molecule has 1 amide bonds. The molecule has 3 aromatic rings. The first-order valence-electron chi connectivity index (χ1n) is 8.39. The Balaban J connectivity index is 2.15. The molecule has 2 aromatic heterocycles. The quantitative estimate of drug-likeness (QED) is 0.566. The molecule has 0 saturated carbocycles. The Morgan fingerprint density at radius 3 is 2.59 bits per heavy atom. The standard InChI is InChI=1S/C18H15ClF4N4O2/c1-9(2)14-7-24-16-13(6-15(19)25-27(14)16)26(17(28)29)8-10-3-4-11(20)5-12(10)18(21,22)23/h3-7,9H,8H2,1-2H3,(H,28,29). The molecule has 0 unspecified atom stereocenters. The molecule has 0 aliphatic rings. The molecule has 1 aromatic carbocycles. The number of nitrogens with zero attached hydrogens (tertiary/aromatic N) is 4. The summed E-state index contributed by atoms with van der Waals surface area (Å²) < 4.78 is 54.7. The number of carboxylic acid groups (broad SMARTS) is 1. The van der Waals surface area contributed by atoms with E-state index in [2.05, 4.69) is 10.1 Å². The van der Waals surface area contributed by atoms with Gasteiger partial charge in [-0.1, -0.05) is 31.5 Å². The second-order valence-corrected chi connectivity index (χ2v) is 6.98. The first kappa shape index (κ1) is 20.8. The number of aromatic nitrogens is 3. The zero-order chi connectivity index (χ0) is 21.5. The maximum Gasteiger partial charge on any atom is 0.416 e. The van der Waals surface area contributed by atoms with E-state index in [-0.39, 0.29) is 22.4 Å². The molecule has 0 aliphatic carbocycles. The molecule has 0 aliphatic heterocycles. The normalized spacial score (nSPS) is 12.0. The van der Waals surface area contributed by atoms with Crippen molar-refractivity contribution in [2.24, 2.45) is 0 Å². The van der Waals surface area contributed by atoms with Crippen molar-refractivity contribution in [3.05, 3.63) is 58.3 Å². The predicted octanol–water partition coefficient (Wildman–Crippen LogP) is 5.35. The molecule has 1 N–H and O–H groups in total. The predicted molar refractivity (Wildman–Crippen MR) is 97.7 cm³/mol. The third-order valence-electron chi connectivity index (χ3n) is 4.26. The second-order valence-electron chi connectivity index (χ2n) is 6.59. The molecular formula is C18H15ClF4N4O2. The highest BCUT2D eigenvalue weighted by Gasteiger charge is 2.35. The van der Waals surface area contributed by atoms with Crippen molar-refractivity contribution in [2.45, 2.75) is 32.5 Å². The van der Waals surface area contributed by atoms with E-state index in [0.717, 1.165) is 12.1 Å². The Bertz CT molecular complexity index is 1080. The number of benzene rings is 1. The fourth-order valence-electron chi connectivity index (χ4n) is 2.91. The lowest BCUT2D eigenvalue weighted by Gasteiger charge is -2.22. The number of fused-ring (bicyclic) bond motifs is 1. The number of hydrogen-bond donors (Lipinski definition) is 1. The summed E-state index contributed by atoms with van der Waals surface area (Å²) in [5, 5.41) is 13.7. The Labute approximate surface area is 167 Å². The first-order chi connectivity index (χ1) is 13.5. The molecule has 6 nitrogen and oxygen atoms in total. The van der Waals surface area contributed by atoms with Gasteiger partial charge in [-0.2, -0.15) is 18.3 Å². The van der Waals surface area contributed by atoms with Gasteiger partial charge in [-0.25, -0.2) is 18.7 Å². The van der Waals surface area contributed by atoms with Crippen molar-refractivity contribution in [3.8, 4) is 0 Å². The van der Waals surface area contributed by atoms with E-state index in [1.165, 1.54) is 16.8 Å². The maximum atomic E-state index is 13.4. The largest absolute Gasteiger partial charge is 0.465 e. The highest BCUT2D eigenvalue weighted by atomic mass is 35.5. The molecule has 0 bridgehead atoms. The summed E-state index contributed by atoms with van der Waals surface area (Å²) in [6.45, 7) is 3.05. The van der Waals surface area contributed by atoms with Crippen LogP contribution in [0.2, 0.25) is 5.15 Å². The lowest BCUT2D eigenvalue weighted by Crippen LogP contribution is -2.30. The summed E-state index contributed by atoms with van der Waals surface area (Å²) in [5.41, 5.74) is -0.945. The van der Waals surface area contributed by atoms with Crippen LogP contribution in [0.1, 0.15) is 36.6 Å². The van der Waals surface area contributed by atoms with Gasteiger partial charge < -0.3 is 5.11 Å². The van der Waals surface area contributed by atoms with Crippen LogP contribution < -0.4 is 4.90 Å². The van der Waals surface area contributed by atoms with Gasteiger partial charge in [-0.3, -0.25) is 4.90 Å². The number of hydrogen-bond acceptors (Lipinski definition) is 3. The summed E-state index contributed by atoms with van der Waals surface area (Å²) in [6, 6.07) is 3.28. The van der Waals surface area contributed by atoms with Crippen molar-refractivity contribution in [2.75, 3.05) is 4.90 Å². The SMILES string of the molecule is CC(C)c1cnc2c(N(Cc3ccc(F)cc3C(F)(F)F)C(=O)O)cc(Cl)nn12. The minimum Gasteiger partial charge on any atom is -0.465 e. The average Bonchev–Trinajstić information content (AvgIpc) is 3.02. The van der Waals surface area contributed by atoms with Gasteiger partial charge in [-0.05, 0) is 23.6 Å². The Kier molecular flexibility index (Phi) is 5.40. The Morgan fingerprint density at radius 2 is 2.00 bits per heavy atom. The lowest BCUT2D eigenvalue weighted by atomic mass is 10.1. The van der Waals surface area contributed by atoms with E-state index in [1.54, 1.807) is 0 Å².